The first kappa shape index (κ1) is 20.7. The van der Waals surface area contributed by atoms with Gasteiger partial charge in [-0.15, -0.1) is 0 Å². The second-order valence-corrected chi connectivity index (χ2v) is 7.79. The Balaban J connectivity index is 1.57. The Hall–Kier alpha value is -3.61. The largest absolute Gasteiger partial charge is 0.481 e. The van der Waals surface area contributed by atoms with Crippen LogP contribution in [0.4, 0.5) is 5.69 Å². The van der Waals surface area contributed by atoms with E-state index in [-0.39, 0.29) is 36.8 Å². The zero-order chi connectivity index (χ0) is 22.0. The van der Waals surface area contributed by atoms with Crippen LogP contribution < -0.4 is 10.6 Å². The summed E-state index contributed by atoms with van der Waals surface area (Å²) in [4.78, 5) is 34.8. The molecule has 1 aliphatic heterocycles. The van der Waals surface area contributed by atoms with Gasteiger partial charge >= 0.3 is 11.9 Å². The number of anilines is 1. The van der Waals surface area contributed by atoms with E-state index >= 15 is 0 Å². The molecule has 160 valence electrons. The molecule has 0 bridgehead atoms. The van der Waals surface area contributed by atoms with E-state index < -0.39 is 5.97 Å². The average Bonchev–Trinajstić information content (AvgIpc) is 3.28. The van der Waals surface area contributed by atoms with Crippen LogP contribution in [0.25, 0.3) is 0 Å². The van der Waals surface area contributed by atoms with Crippen LogP contribution >= 0.6 is 0 Å². The highest BCUT2D eigenvalue weighted by Crippen LogP contribution is 2.49. The predicted octanol–water partition coefficient (Wildman–Crippen LogP) is 3.50. The van der Waals surface area contributed by atoms with Crippen molar-refractivity contribution in [2.24, 2.45) is 5.92 Å². The molecular weight excluding hydrogens is 396 g/mol. The molecule has 3 N–H and O–H groups in total. The molecule has 0 saturated heterocycles. The number of esters is 1. The molecule has 3 atom stereocenters. The fraction of sp³-hybridized carbons (Fsp3) is 0.292. The number of carbonyl (C=O) groups is 3. The average molecular weight is 420 g/mol. The van der Waals surface area contributed by atoms with Crippen molar-refractivity contribution >= 4 is 23.5 Å². The maximum Gasteiger partial charge on any atom is 0.337 e. The van der Waals surface area contributed by atoms with Crippen molar-refractivity contribution in [1.82, 2.24) is 5.32 Å². The number of allylic oxidation sites excluding steroid dienone is 2. The summed E-state index contributed by atoms with van der Waals surface area (Å²) in [5, 5.41) is 15.0. The number of hydrogen-bond donors (Lipinski definition) is 3. The number of carbonyl (C=O) groups excluding carboxylic acids is 2. The molecule has 31 heavy (non-hydrogen) atoms. The molecule has 7 heteroatoms. The fourth-order valence-electron chi connectivity index (χ4n) is 4.40. The van der Waals surface area contributed by atoms with Crippen molar-refractivity contribution in [2.75, 3.05) is 19.0 Å². The van der Waals surface area contributed by atoms with E-state index in [0.717, 1.165) is 23.2 Å². The second kappa shape index (κ2) is 8.63. The SMILES string of the molecule is COC(=O)c1ccc([C@H]2Nc3ccc(C(=O)NCCC(=O)O)cc3[C@H]3C=CC[C@@H]32)cc1. The van der Waals surface area contributed by atoms with E-state index in [2.05, 4.69) is 22.8 Å². The molecule has 0 aromatic heterocycles. The number of ether oxygens (including phenoxy) is 1. The minimum atomic E-state index is -0.945. The van der Waals surface area contributed by atoms with Crippen molar-refractivity contribution in [2.45, 2.75) is 24.8 Å². The number of rotatable bonds is 6. The molecule has 2 aliphatic rings. The Labute approximate surface area is 180 Å². The minimum absolute atomic E-state index is 0.0782. The summed E-state index contributed by atoms with van der Waals surface area (Å²) < 4.78 is 4.78. The van der Waals surface area contributed by atoms with Gasteiger partial charge in [-0.2, -0.15) is 0 Å². The molecule has 2 aromatic carbocycles. The smallest absolute Gasteiger partial charge is 0.337 e. The lowest BCUT2D eigenvalue weighted by atomic mass is 9.76. The summed E-state index contributed by atoms with van der Waals surface area (Å²) in [5.74, 6) is -1.11. The number of fused-ring (bicyclic) bond motifs is 3. The Kier molecular flexibility index (Phi) is 5.75. The third kappa shape index (κ3) is 4.17. The normalized spacial score (nSPS) is 20.9. The number of benzene rings is 2. The van der Waals surface area contributed by atoms with Gasteiger partial charge in [-0.3, -0.25) is 9.59 Å². The maximum atomic E-state index is 12.4. The van der Waals surface area contributed by atoms with Crippen LogP contribution in [0, 0.1) is 5.92 Å². The van der Waals surface area contributed by atoms with Crippen molar-refractivity contribution in [1.29, 1.82) is 0 Å². The molecule has 2 aromatic rings. The van der Waals surface area contributed by atoms with Gasteiger partial charge in [-0.25, -0.2) is 4.79 Å². The highest BCUT2D eigenvalue weighted by molar-refractivity contribution is 5.95. The quantitative estimate of drug-likeness (QED) is 0.488. The summed E-state index contributed by atoms with van der Waals surface area (Å²) >= 11 is 0. The molecule has 1 amide bonds. The van der Waals surface area contributed by atoms with E-state index in [0.29, 0.717) is 17.0 Å². The molecule has 1 aliphatic carbocycles. The first-order chi connectivity index (χ1) is 15.0. The topological polar surface area (TPSA) is 105 Å². The summed E-state index contributed by atoms with van der Waals surface area (Å²) in [6.45, 7) is 0.0963. The van der Waals surface area contributed by atoms with Gasteiger partial charge in [0.15, 0.2) is 0 Å². The van der Waals surface area contributed by atoms with Crippen LogP contribution in [0.2, 0.25) is 0 Å². The van der Waals surface area contributed by atoms with Gasteiger partial charge in [-0.1, -0.05) is 24.3 Å². The zero-order valence-electron chi connectivity index (χ0n) is 17.1. The maximum absolute atomic E-state index is 12.4. The summed E-state index contributed by atoms with van der Waals surface area (Å²) in [6, 6.07) is 13.1. The van der Waals surface area contributed by atoms with Crippen molar-refractivity contribution in [3.8, 4) is 0 Å². The van der Waals surface area contributed by atoms with Gasteiger partial charge in [0.2, 0.25) is 0 Å². The van der Waals surface area contributed by atoms with Crippen LogP contribution in [0.5, 0.6) is 0 Å². The second-order valence-electron chi connectivity index (χ2n) is 7.79. The van der Waals surface area contributed by atoms with Crippen LogP contribution in [-0.2, 0) is 9.53 Å². The molecule has 0 saturated carbocycles. The van der Waals surface area contributed by atoms with Crippen LogP contribution in [0.3, 0.4) is 0 Å². The fourth-order valence-corrected chi connectivity index (χ4v) is 4.40. The van der Waals surface area contributed by atoms with Gasteiger partial charge < -0.3 is 20.5 Å². The Morgan fingerprint density at radius 3 is 2.58 bits per heavy atom. The summed E-state index contributed by atoms with van der Waals surface area (Å²) in [6.07, 6.45) is 5.16. The lowest BCUT2D eigenvalue weighted by Crippen LogP contribution is -2.30. The van der Waals surface area contributed by atoms with E-state index in [1.54, 1.807) is 18.2 Å². The number of nitrogens with one attached hydrogen (secondary N) is 2. The summed E-state index contributed by atoms with van der Waals surface area (Å²) in [5.41, 5.74) is 4.16. The van der Waals surface area contributed by atoms with E-state index in [4.69, 9.17) is 9.84 Å². The zero-order valence-corrected chi connectivity index (χ0v) is 17.1. The third-order valence-corrected chi connectivity index (χ3v) is 5.94. The highest BCUT2D eigenvalue weighted by Gasteiger charge is 2.38. The van der Waals surface area contributed by atoms with Gasteiger partial charge in [0.25, 0.3) is 5.91 Å². The molecule has 1 heterocycles. The minimum Gasteiger partial charge on any atom is -0.481 e. The van der Waals surface area contributed by atoms with Crippen LogP contribution in [0.15, 0.2) is 54.6 Å². The monoisotopic (exact) mass is 420 g/mol. The molecule has 4 rings (SSSR count). The first-order valence-electron chi connectivity index (χ1n) is 10.2. The number of amides is 1. The van der Waals surface area contributed by atoms with Gasteiger partial charge in [0, 0.05) is 23.7 Å². The van der Waals surface area contributed by atoms with E-state index in [1.165, 1.54) is 7.11 Å². The number of carboxylic acids is 1. The first-order valence-corrected chi connectivity index (χ1v) is 10.2. The predicted molar refractivity (Wildman–Crippen MR) is 115 cm³/mol. The number of aliphatic carboxylic acids is 1. The van der Waals surface area contributed by atoms with Crippen molar-refractivity contribution in [3.05, 3.63) is 76.9 Å². The molecule has 7 nitrogen and oxygen atoms in total. The lowest BCUT2D eigenvalue weighted by molar-refractivity contribution is -0.136. The number of carboxylic acid groups (broad SMARTS) is 1. The molecule has 0 unspecified atom stereocenters. The Bertz CT molecular complexity index is 1040. The summed E-state index contributed by atoms with van der Waals surface area (Å²) in [7, 11) is 1.37. The highest BCUT2D eigenvalue weighted by atomic mass is 16.5. The standard InChI is InChI=1S/C24H24N2O5/c1-31-24(30)15-7-5-14(6-8-15)22-18-4-2-3-17(18)19-13-16(9-10-20(19)26-22)23(29)25-12-11-21(27)28/h2-3,5-10,13,17-18,22,26H,4,11-12H2,1H3,(H,25,29)(H,27,28)/t17-,18-,22+/m0/s1. The van der Waals surface area contributed by atoms with E-state index in [1.807, 2.05) is 24.3 Å². The third-order valence-electron chi connectivity index (χ3n) is 5.94. The molecule has 0 spiro atoms. The number of methoxy groups -OCH3 is 1. The van der Waals surface area contributed by atoms with Crippen molar-refractivity contribution < 1.29 is 24.2 Å². The molecule has 0 radical (unpaired) electrons. The Morgan fingerprint density at radius 1 is 1.13 bits per heavy atom. The lowest BCUT2D eigenvalue weighted by Gasteiger charge is -2.37. The van der Waals surface area contributed by atoms with Crippen LogP contribution in [-0.4, -0.2) is 36.6 Å². The van der Waals surface area contributed by atoms with Gasteiger partial charge in [0.1, 0.15) is 0 Å². The van der Waals surface area contributed by atoms with Crippen molar-refractivity contribution in [3.63, 3.8) is 0 Å². The van der Waals surface area contributed by atoms with E-state index in [9.17, 15) is 14.4 Å². The molecular formula is C24H24N2O5. The van der Waals surface area contributed by atoms with Crippen LogP contribution in [0.1, 0.15) is 56.6 Å². The van der Waals surface area contributed by atoms with Gasteiger partial charge in [-0.05, 0) is 53.8 Å². The van der Waals surface area contributed by atoms with Gasteiger partial charge in [0.05, 0.1) is 25.1 Å². The molecule has 0 fully saturated rings. The Morgan fingerprint density at radius 2 is 1.87 bits per heavy atom. The number of hydrogen-bond acceptors (Lipinski definition) is 5.